The number of benzene rings is 2. The van der Waals surface area contributed by atoms with Crippen molar-refractivity contribution in [3.8, 4) is 0 Å². The number of aliphatic hydroxyl groups is 1. The lowest BCUT2D eigenvalue weighted by Gasteiger charge is -2.11. The first-order chi connectivity index (χ1) is 9.65. The van der Waals surface area contributed by atoms with Crippen LogP contribution in [0.3, 0.4) is 0 Å². The van der Waals surface area contributed by atoms with Crippen LogP contribution >= 0.6 is 22.9 Å². The number of nitrogens with zero attached hydrogens (tertiary/aromatic N) is 1. The molecule has 0 amide bonds. The lowest BCUT2D eigenvalue weighted by atomic mass is 10.1. The lowest BCUT2D eigenvalue weighted by molar-refractivity contribution is 0.178. The summed E-state index contributed by atoms with van der Waals surface area (Å²) in [5.41, 5.74) is 1.30. The third-order valence-corrected chi connectivity index (χ3v) is 4.50. The first-order valence-electron chi connectivity index (χ1n) is 6.11. The van der Waals surface area contributed by atoms with Gasteiger partial charge < -0.3 is 5.11 Å². The second kappa shape index (κ2) is 5.48. The number of hydrogen-bond donors (Lipinski definition) is 1. The average molecular weight is 308 g/mol. The first kappa shape index (κ1) is 13.5. The summed E-state index contributed by atoms with van der Waals surface area (Å²) in [5, 5.41) is 11.0. The minimum atomic E-state index is -0.862. The summed E-state index contributed by atoms with van der Waals surface area (Å²) >= 11 is 7.40. The van der Waals surface area contributed by atoms with Crippen molar-refractivity contribution in [3.05, 3.63) is 63.9 Å². The Morgan fingerprint density at radius 3 is 2.80 bits per heavy atom. The number of aliphatic hydroxyl groups excluding tert-OH is 1. The molecule has 0 spiro atoms. The van der Waals surface area contributed by atoms with Crippen LogP contribution in [0.4, 0.5) is 4.39 Å². The molecule has 3 aromatic rings. The molecule has 1 atom stereocenters. The van der Waals surface area contributed by atoms with Gasteiger partial charge in [-0.3, -0.25) is 0 Å². The van der Waals surface area contributed by atoms with Crippen LogP contribution in [-0.2, 0) is 6.42 Å². The van der Waals surface area contributed by atoms with Crippen LogP contribution in [0.15, 0.2) is 42.5 Å². The predicted octanol–water partition coefficient (Wildman–Crippen LogP) is 4.36. The highest BCUT2D eigenvalue weighted by atomic mass is 35.5. The molecule has 0 radical (unpaired) electrons. The van der Waals surface area contributed by atoms with Gasteiger partial charge in [-0.15, -0.1) is 11.3 Å². The van der Waals surface area contributed by atoms with Gasteiger partial charge in [0.2, 0.25) is 0 Å². The number of rotatable bonds is 3. The summed E-state index contributed by atoms with van der Waals surface area (Å²) in [6.07, 6.45) is -0.540. The molecule has 0 aliphatic rings. The number of hydrogen-bond acceptors (Lipinski definition) is 3. The molecule has 0 bridgehead atoms. The fraction of sp³-hybridized carbons (Fsp3) is 0.133. The molecule has 5 heteroatoms. The fourth-order valence-electron chi connectivity index (χ4n) is 2.06. The highest BCUT2D eigenvalue weighted by molar-refractivity contribution is 7.18. The molecule has 0 fully saturated rings. The summed E-state index contributed by atoms with van der Waals surface area (Å²) in [5.74, 6) is -0.521. The Bertz CT molecular complexity index is 725. The van der Waals surface area contributed by atoms with Gasteiger partial charge >= 0.3 is 0 Å². The Hall–Kier alpha value is -1.49. The van der Waals surface area contributed by atoms with Crippen molar-refractivity contribution in [1.82, 2.24) is 4.98 Å². The normalized spacial score (nSPS) is 12.8. The van der Waals surface area contributed by atoms with E-state index in [1.807, 2.05) is 24.3 Å². The summed E-state index contributed by atoms with van der Waals surface area (Å²) in [4.78, 5) is 4.45. The van der Waals surface area contributed by atoms with Crippen LogP contribution in [0.1, 0.15) is 16.7 Å². The number of fused-ring (bicyclic) bond motifs is 1. The zero-order valence-corrected chi connectivity index (χ0v) is 12.0. The van der Waals surface area contributed by atoms with Crippen molar-refractivity contribution >= 4 is 33.2 Å². The van der Waals surface area contributed by atoms with Gasteiger partial charge in [0.05, 0.1) is 26.4 Å². The zero-order valence-electron chi connectivity index (χ0n) is 10.4. The molecule has 0 aliphatic carbocycles. The van der Waals surface area contributed by atoms with Crippen LogP contribution in [-0.4, -0.2) is 10.1 Å². The number of para-hydroxylation sites is 1. The van der Waals surface area contributed by atoms with Crippen molar-refractivity contribution in [3.63, 3.8) is 0 Å². The van der Waals surface area contributed by atoms with E-state index in [2.05, 4.69) is 4.98 Å². The average Bonchev–Trinajstić information content (AvgIpc) is 2.83. The van der Waals surface area contributed by atoms with Gasteiger partial charge in [0, 0.05) is 12.0 Å². The zero-order chi connectivity index (χ0) is 14.1. The van der Waals surface area contributed by atoms with Gasteiger partial charge in [0.15, 0.2) is 0 Å². The van der Waals surface area contributed by atoms with Crippen molar-refractivity contribution in [2.45, 2.75) is 12.5 Å². The Balaban J connectivity index is 1.88. The minimum absolute atomic E-state index is 0.0267. The largest absolute Gasteiger partial charge is 0.388 e. The van der Waals surface area contributed by atoms with E-state index in [-0.39, 0.29) is 5.02 Å². The Morgan fingerprint density at radius 1 is 1.20 bits per heavy atom. The van der Waals surface area contributed by atoms with Gasteiger partial charge in [0.25, 0.3) is 0 Å². The summed E-state index contributed by atoms with van der Waals surface area (Å²) in [6.45, 7) is 0. The summed E-state index contributed by atoms with van der Waals surface area (Å²) < 4.78 is 14.5. The van der Waals surface area contributed by atoms with Crippen molar-refractivity contribution in [2.75, 3.05) is 0 Å². The highest BCUT2D eigenvalue weighted by Crippen LogP contribution is 2.30. The molecule has 1 N–H and O–H groups in total. The second-order valence-electron chi connectivity index (χ2n) is 4.44. The molecular formula is C15H11ClFNOS. The fourth-order valence-corrected chi connectivity index (χ4v) is 3.32. The first-order valence-corrected chi connectivity index (χ1v) is 7.31. The third-order valence-electron chi connectivity index (χ3n) is 3.05. The quantitative estimate of drug-likeness (QED) is 0.779. The maximum atomic E-state index is 13.4. The summed E-state index contributed by atoms with van der Waals surface area (Å²) in [7, 11) is 0. The second-order valence-corrected chi connectivity index (χ2v) is 5.93. The van der Waals surface area contributed by atoms with E-state index >= 15 is 0 Å². The van der Waals surface area contributed by atoms with E-state index in [0.29, 0.717) is 12.0 Å². The molecule has 0 saturated heterocycles. The lowest BCUT2D eigenvalue weighted by Crippen LogP contribution is -2.03. The topological polar surface area (TPSA) is 33.1 Å². The standard InChI is InChI=1S/C15H11ClFNOS/c16-15-9(4-3-5-10(15)17)12(19)8-14-18-11-6-1-2-7-13(11)20-14/h1-7,12,19H,8H2. The highest BCUT2D eigenvalue weighted by Gasteiger charge is 2.16. The van der Waals surface area contributed by atoms with Gasteiger partial charge in [-0.25, -0.2) is 9.37 Å². The van der Waals surface area contributed by atoms with Gasteiger partial charge in [-0.1, -0.05) is 35.9 Å². The van der Waals surface area contributed by atoms with Crippen molar-refractivity contribution < 1.29 is 9.50 Å². The smallest absolute Gasteiger partial charge is 0.142 e. The molecular weight excluding hydrogens is 297 g/mol. The molecule has 3 rings (SSSR count). The number of aromatic nitrogens is 1. The Kier molecular flexibility index (Phi) is 3.70. The van der Waals surface area contributed by atoms with E-state index in [1.54, 1.807) is 6.07 Å². The van der Waals surface area contributed by atoms with Crippen molar-refractivity contribution in [1.29, 1.82) is 0 Å². The van der Waals surface area contributed by atoms with Crippen LogP contribution in [0.2, 0.25) is 5.02 Å². The molecule has 2 nitrogen and oxygen atoms in total. The minimum Gasteiger partial charge on any atom is -0.388 e. The maximum absolute atomic E-state index is 13.4. The molecule has 0 aliphatic heterocycles. The SMILES string of the molecule is OC(Cc1nc2ccccc2s1)c1cccc(F)c1Cl. The Labute approximate surface area is 124 Å². The van der Waals surface area contributed by atoms with E-state index in [1.165, 1.54) is 23.5 Å². The van der Waals surface area contributed by atoms with Crippen LogP contribution in [0.5, 0.6) is 0 Å². The molecule has 20 heavy (non-hydrogen) atoms. The third kappa shape index (κ3) is 2.54. The number of halogens is 2. The molecule has 1 aromatic heterocycles. The molecule has 2 aromatic carbocycles. The van der Waals surface area contributed by atoms with Crippen LogP contribution in [0.25, 0.3) is 10.2 Å². The van der Waals surface area contributed by atoms with E-state index < -0.39 is 11.9 Å². The monoisotopic (exact) mass is 307 g/mol. The van der Waals surface area contributed by atoms with Crippen LogP contribution < -0.4 is 0 Å². The molecule has 1 unspecified atom stereocenters. The molecule has 0 saturated carbocycles. The molecule has 102 valence electrons. The van der Waals surface area contributed by atoms with E-state index in [0.717, 1.165) is 15.2 Å². The molecule has 1 heterocycles. The summed E-state index contributed by atoms with van der Waals surface area (Å²) in [6, 6.07) is 12.2. The number of thiazole rings is 1. The van der Waals surface area contributed by atoms with Gasteiger partial charge in [0.1, 0.15) is 5.82 Å². The van der Waals surface area contributed by atoms with Crippen LogP contribution in [0, 0.1) is 5.82 Å². The predicted molar refractivity (Wildman–Crippen MR) is 79.7 cm³/mol. The van der Waals surface area contributed by atoms with Crippen molar-refractivity contribution in [2.24, 2.45) is 0 Å². The van der Waals surface area contributed by atoms with Gasteiger partial charge in [-0.05, 0) is 18.2 Å². The van der Waals surface area contributed by atoms with E-state index in [9.17, 15) is 9.50 Å². The Morgan fingerprint density at radius 2 is 2.00 bits per heavy atom. The maximum Gasteiger partial charge on any atom is 0.142 e. The van der Waals surface area contributed by atoms with E-state index in [4.69, 9.17) is 11.6 Å². The van der Waals surface area contributed by atoms with Gasteiger partial charge in [-0.2, -0.15) is 0 Å².